The Balaban J connectivity index is 0.00000196. The van der Waals surface area contributed by atoms with Crippen molar-refractivity contribution in [3.8, 4) is 21.7 Å². The van der Waals surface area contributed by atoms with Gasteiger partial charge in [-0.1, -0.05) is 29.0 Å². The molecule has 1 saturated heterocycles. The Labute approximate surface area is 165 Å². The molecule has 0 spiro atoms. The molecule has 0 amide bonds. The van der Waals surface area contributed by atoms with E-state index in [0.29, 0.717) is 5.02 Å². The summed E-state index contributed by atoms with van der Waals surface area (Å²) < 4.78 is 0. The van der Waals surface area contributed by atoms with Gasteiger partial charge in [-0.2, -0.15) is 5.10 Å². The van der Waals surface area contributed by atoms with Crippen LogP contribution in [0.3, 0.4) is 0 Å². The Morgan fingerprint density at radius 2 is 2.19 bits per heavy atom. The maximum Gasteiger partial charge on any atom is 0.208 e. The number of aliphatic hydroxyl groups excluding tert-OH is 1. The fourth-order valence-corrected chi connectivity index (χ4v) is 4.10. The zero-order valence-electron chi connectivity index (χ0n) is 13.7. The predicted octanol–water partition coefficient (Wildman–Crippen LogP) is 2.44. The smallest absolute Gasteiger partial charge is 0.208 e. The van der Waals surface area contributed by atoms with Crippen LogP contribution in [0, 0.1) is 0 Å². The van der Waals surface area contributed by atoms with Gasteiger partial charge in [0, 0.05) is 43.0 Å². The highest BCUT2D eigenvalue weighted by Gasteiger charge is 2.22. The van der Waals surface area contributed by atoms with Gasteiger partial charge in [-0.3, -0.25) is 5.10 Å². The Morgan fingerprint density at radius 3 is 2.92 bits per heavy atom. The number of hydrogen-bond acceptors (Lipinski definition) is 7. The Bertz CT molecular complexity index is 856. The van der Waals surface area contributed by atoms with Crippen molar-refractivity contribution < 1.29 is 5.11 Å². The third kappa shape index (κ3) is 3.84. The molecule has 3 aromatic rings. The second kappa shape index (κ2) is 8.32. The monoisotopic (exact) mass is 412 g/mol. The molecule has 4 rings (SSSR count). The van der Waals surface area contributed by atoms with E-state index in [1.54, 1.807) is 6.20 Å². The Morgan fingerprint density at radius 1 is 1.31 bits per heavy atom. The number of nitrogens with zero attached hydrogens (tertiary/aromatic N) is 4. The van der Waals surface area contributed by atoms with E-state index in [1.165, 1.54) is 11.3 Å². The van der Waals surface area contributed by atoms with Crippen LogP contribution >= 0.6 is 35.3 Å². The quantitative estimate of drug-likeness (QED) is 0.609. The number of aromatic amines is 1. The summed E-state index contributed by atoms with van der Waals surface area (Å²) in [6, 6.07) is 5.94. The summed E-state index contributed by atoms with van der Waals surface area (Å²) in [6.45, 7) is 2.50. The first-order chi connectivity index (χ1) is 12.2. The topological polar surface area (TPSA) is 90.0 Å². The predicted molar refractivity (Wildman–Crippen MR) is 106 cm³/mol. The maximum atomic E-state index is 9.33. The van der Waals surface area contributed by atoms with Crippen molar-refractivity contribution in [2.45, 2.75) is 6.04 Å². The highest BCUT2D eigenvalue weighted by atomic mass is 35.5. The molecule has 1 atom stereocenters. The number of aromatic nitrogens is 4. The standard InChI is InChI=1S/C16H17ClN6OS.ClH/c17-14-5-10(11-6-19-20-7-11)1-2-13(14)15-21-22-16(25-15)23-4-3-18-12(8-23)9-24;/h1-2,5-7,12,18,24H,3-4,8-9H2,(H,19,20);1H. The van der Waals surface area contributed by atoms with E-state index in [1.807, 2.05) is 24.4 Å². The molecule has 3 N–H and O–H groups in total. The van der Waals surface area contributed by atoms with Crippen molar-refractivity contribution in [1.82, 2.24) is 25.7 Å². The van der Waals surface area contributed by atoms with Gasteiger partial charge in [0.2, 0.25) is 5.13 Å². The zero-order valence-corrected chi connectivity index (χ0v) is 16.1. The van der Waals surface area contributed by atoms with Crippen molar-refractivity contribution in [1.29, 1.82) is 0 Å². The minimum atomic E-state index is 0. The van der Waals surface area contributed by atoms with Gasteiger partial charge in [0.15, 0.2) is 5.01 Å². The van der Waals surface area contributed by atoms with Crippen molar-refractivity contribution in [2.75, 3.05) is 31.1 Å². The minimum absolute atomic E-state index is 0. The number of rotatable bonds is 4. The summed E-state index contributed by atoms with van der Waals surface area (Å²) >= 11 is 7.99. The average Bonchev–Trinajstić information content (AvgIpc) is 3.34. The fraction of sp³-hybridized carbons (Fsp3) is 0.312. The number of nitrogens with one attached hydrogen (secondary N) is 2. The van der Waals surface area contributed by atoms with Crippen LogP contribution in [0.15, 0.2) is 30.6 Å². The van der Waals surface area contributed by atoms with E-state index in [4.69, 9.17) is 11.6 Å². The molecular weight excluding hydrogens is 395 g/mol. The summed E-state index contributed by atoms with van der Waals surface area (Å²) in [5.41, 5.74) is 2.86. The fourth-order valence-electron chi connectivity index (χ4n) is 2.85. The van der Waals surface area contributed by atoms with E-state index < -0.39 is 0 Å². The summed E-state index contributed by atoms with van der Waals surface area (Å²) in [7, 11) is 0. The largest absolute Gasteiger partial charge is 0.395 e. The van der Waals surface area contributed by atoms with Crippen LogP contribution in [-0.2, 0) is 0 Å². The van der Waals surface area contributed by atoms with Gasteiger partial charge in [0.25, 0.3) is 0 Å². The summed E-state index contributed by atoms with van der Waals surface area (Å²) in [4.78, 5) is 2.15. The molecule has 0 saturated carbocycles. The van der Waals surface area contributed by atoms with Crippen molar-refractivity contribution in [3.05, 3.63) is 35.6 Å². The maximum absolute atomic E-state index is 9.33. The van der Waals surface area contributed by atoms with Crippen LogP contribution in [-0.4, -0.2) is 57.8 Å². The zero-order chi connectivity index (χ0) is 17.2. The van der Waals surface area contributed by atoms with Crippen LogP contribution in [0.4, 0.5) is 5.13 Å². The number of piperazine rings is 1. The normalized spacial score (nSPS) is 17.2. The van der Waals surface area contributed by atoms with E-state index in [-0.39, 0.29) is 25.1 Å². The van der Waals surface area contributed by atoms with Crippen molar-refractivity contribution in [2.24, 2.45) is 0 Å². The molecule has 0 radical (unpaired) electrons. The molecule has 1 aromatic carbocycles. The lowest BCUT2D eigenvalue weighted by atomic mass is 10.1. The summed E-state index contributed by atoms with van der Waals surface area (Å²) in [5, 5.41) is 30.3. The van der Waals surface area contributed by atoms with E-state index in [0.717, 1.165) is 46.5 Å². The molecule has 1 aliphatic rings. The van der Waals surface area contributed by atoms with E-state index >= 15 is 0 Å². The second-order valence-corrected chi connectivity index (χ2v) is 7.21. The SMILES string of the molecule is Cl.OCC1CN(c2nnc(-c3ccc(-c4cn[nH]c4)cc3Cl)s2)CCN1. The molecule has 7 nitrogen and oxygen atoms in total. The minimum Gasteiger partial charge on any atom is -0.395 e. The molecule has 10 heteroatoms. The molecule has 1 fully saturated rings. The van der Waals surface area contributed by atoms with Crippen LogP contribution in [0.5, 0.6) is 0 Å². The molecule has 138 valence electrons. The Hall–Kier alpha value is -1.71. The van der Waals surface area contributed by atoms with Crippen LogP contribution in [0.1, 0.15) is 0 Å². The number of halogens is 2. The van der Waals surface area contributed by atoms with Gasteiger partial charge >= 0.3 is 0 Å². The lowest BCUT2D eigenvalue weighted by molar-refractivity contribution is 0.235. The third-order valence-electron chi connectivity index (χ3n) is 4.19. The molecular formula is C16H18Cl2N6OS. The van der Waals surface area contributed by atoms with Gasteiger partial charge in [0.05, 0.1) is 17.8 Å². The van der Waals surface area contributed by atoms with E-state index in [9.17, 15) is 5.11 Å². The van der Waals surface area contributed by atoms with Crippen molar-refractivity contribution in [3.63, 3.8) is 0 Å². The number of benzene rings is 1. The highest BCUT2D eigenvalue weighted by molar-refractivity contribution is 7.18. The molecule has 0 bridgehead atoms. The number of aliphatic hydroxyl groups is 1. The molecule has 26 heavy (non-hydrogen) atoms. The molecule has 2 aromatic heterocycles. The average molecular weight is 413 g/mol. The van der Waals surface area contributed by atoms with Crippen molar-refractivity contribution >= 4 is 40.5 Å². The van der Waals surface area contributed by atoms with Gasteiger partial charge < -0.3 is 15.3 Å². The first kappa shape index (κ1) is 19.1. The summed E-state index contributed by atoms with van der Waals surface area (Å²) in [6.07, 6.45) is 3.59. The Kier molecular flexibility index (Phi) is 6.10. The molecule has 1 unspecified atom stereocenters. The van der Waals surface area contributed by atoms with Crippen LogP contribution < -0.4 is 10.2 Å². The molecule has 3 heterocycles. The highest BCUT2D eigenvalue weighted by Crippen LogP contribution is 2.35. The van der Waals surface area contributed by atoms with Gasteiger partial charge in [-0.05, 0) is 17.7 Å². The number of H-pyrrole nitrogens is 1. The third-order valence-corrected chi connectivity index (χ3v) is 5.52. The second-order valence-electron chi connectivity index (χ2n) is 5.85. The number of anilines is 1. The first-order valence-corrected chi connectivity index (χ1v) is 9.16. The van der Waals surface area contributed by atoms with E-state index in [2.05, 4.69) is 30.6 Å². The van der Waals surface area contributed by atoms with Crippen LogP contribution in [0.25, 0.3) is 21.7 Å². The number of hydrogen-bond donors (Lipinski definition) is 3. The lowest BCUT2D eigenvalue weighted by Crippen LogP contribution is -2.52. The van der Waals surface area contributed by atoms with Crippen LogP contribution in [0.2, 0.25) is 5.02 Å². The lowest BCUT2D eigenvalue weighted by Gasteiger charge is -2.32. The van der Waals surface area contributed by atoms with Gasteiger partial charge in [-0.15, -0.1) is 22.6 Å². The molecule has 1 aliphatic heterocycles. The molecule has 0 aliphatic carbocycles. The van der Waals surface area contributed by atoms with Gasteiger partial charge in [0.1, 0.15) is 0 Å². The van der Waals surface area contributed by atoms with Gasteiger partial charge in [-0.25, -0.2) is 0 Å². The first-order valence-electron chi connectivity index (χ1n) is 7.96. The summed E-state index contributed by atoms with van der Waals surface area (Å²) in [5.74, 6) is 0.